The normalized spacial score (nSPS) is 18.7. The lowest BCUT2D eigenvalue weighted by atomic mass is 10.1. The number of aromatic nitrogens is 1. The SMILES string of the molecule is CC1(C)CN(C(=O)c2ccnc(CN)c2)CCS1. The van der Waals surface area contributed by atoms with Gasteiger partial charge in [-0.2, -0.15) is 11.8 Å². The zero-order chi connectivity index (χ0) is 13.2. The summed E-state index contributed by atoms with van der Waals surface area (Å²) in [5.74, 6) is 1.08. The molecule has 1 aliphatic rings. The first-order valence-corrected chi connectivity index (χ1v) is 7.09. The highest BCUT2D eigenvalue weighted by molar-refractivity contribution is 8.00. The van der Waals surface area contributed by atoms with E-state index in [1.807, 2.05) is 16.7 Å². The van der Waals surface area contributed by atoms with E-state index in [-0.39, 0.29) is 10.7 Å². The van der Waals surface area contributed by atoms with Crippen LogP contribution in [-0.2, 0) is 6.54 Å². The number of thioether (sulfide) groups is 1. The van der Waals surface area contributed by atoms with Crippen LogP contribution < -0.4 is 5.73 Å². The van der Waals surface area contributed by atoms with Crippen LogP contribution in [-0.4, -0.2) is 39.4 Å². The van der Waals surface area contributed by atoms with E-state index >= 15 is 0 Å². The van der Waals surface area contributed by atoms with Crippen molar-refractivity contribution in [3.63, 3.8) is 0 Å². The van der Waals surface area contributed by atoms with Crippen LogP contribution in [0.1, 0.15) is 29.9 Å². The van der Waals surface area contributed by atoms with E-state index in [4.69, 9.17) is 5.73 Å². The standard InChI is InChI=1S/C13H19N3OS/c1-13(2)9-16(5-6-18-13)12(17)10-3-4-15-11(7-10)8-14/h3-4,7H,5-6,8-9,14H2,1-2H3. The molecular formula is C13H19N3OS. The van der Waals surface area contributed by atoms with Crippen molar-refractivity contribution in [2.45, 2.75) is 25.1 Å². The molecule has 4 nitrogen and oxygen atoms in total. The molecule has 18 heavy (non-hydrogen) atoms. The fraction of sp³-hybridized carbons (Fsp3) is 0.538. The molecular weight excluding hydrogens is 246 g/mol. The second-order valence-corrected chi connectivity index (χ2v) is 6.88. The maximum atomic E-state index is 12.4. The van der Waals surface area contributed by atoms with E-state index in [2.05, 4.69) is 18.8 Å². The molecule has 1 aliphatic heterocycles. The molecule has 0 bridgehead atoms. The molecule has 0 atom stereocenters. The highest BCUT2D eigenvalue weighted by Gasteiger charge is 2.30. The first kappa shape index (κ1) is 13.4. The van der Waals surface area contributed by atoms with Gasteiger partial charge in [0.15, 0.2) is 0 Å². The quantitative estimate of drug-likeness (QED) is 0.880. The topological polar surface area (TPSA) is 59.2 Å². The monoisotopic (exact) mass is 265 g/mol. The van der Waals surface area contributed by atoms with Gasteiger partial charge in [0, 0.05) is 41.9 Å². The van der Waals surface area contributed by atoms with Crippen molar-refractivity contribution >= 4 is 17.7 Å². The Morgan fingerprint density at radius 2 is 2.39 bits per heavy atom. The summed E-state index contributed by atoms with van der Waals surface area (Å²) in [5, 5.41) is 0. The minimum Gasteiger partial charge on any atom is -0.336 e. The van der Waals surface area contributed by atoms with Crippen LogP contribution in [0.15, 0.2) is 18.3 Å². The van der Waals surface area contributed by atoms with Gasteiger partial charge in [-0.05, 0) is 26.0 Å². The summed E-state index contributed by atoms with van der Waals surface area (Å²) in [4.78, 5) is 18.4. The van der Waals surface area contributed by atoms with E-state index in [1.165, 1.54) is 0 Å². The molecule has 1 saturated heterocycles. The highest BCUT2D eigenvalue weighted by Crippen LogP contribution is 2.30. The van der Waals surface area contributed by atoms with Gasteiger partial charge in [0.05, 0.1) is 5.69 Å². The minimum atomic E-state index is 0.0838. The van der Waals surface area contributed by atoms with Gasteiger partial charge < -0.3 is 10.6 Å². The molecule has 0 spiro atoms. The molecule has 1 aromatic heterocycles. The second-order valence-electron chi connectivity index (χ2n) is 5.07. The van der Waals surface area contributed by atoms with Crippen molar-refractivity contribution in [3.05, 3.63) is 29.6 Å². The van der Waals surface area contributed by atoms with Crippen molar-refractivity contribution in [1.29, 1.82) is 0 Å². The summed E-state index contributed by atoms with van der Waals surface area (Å²) in [7, 11) is 0. The van der Waals surface area contributed by atoms with Crippen molar-refractivity contribution in [1.82, 2.24) is 9.88 Å². The van der Waals surface area contributed by atoms with Crippen LogP contribution in [0.25, 0.3) is 0 Å². The number of carbonyl (C=O) groups is 1. The van der Waals surface area contributed by atoms with Gasteiger partial charge >= 0.3 is 0 Å². The Labute approximate surface area is 112 Å². The average Bonchev–Trinajstić information content (AvgIpc) is 2.37. The van der Waals surface area contributed by atoms with E-state index in [1.54, 1.807) is 18.3 Å². The molecule has 1 fully saturated rings. The molecule has 2 heterocycles. The van der Waals surface area contributed by atoms with Gasteiger partial charge in [-0.15, -0.1) is 0 Å². The molecule has 5 heteroatoms. The van der Waals surface area contributed by atoms with Crippen molar-refractivity contribution < 1.29 is 4.79 Å². The third kappa shape index (κ3) is 3.03. The molecule has 0 unspecified atom stereocenters. The van der Waals surface area contributed by atoms with Crippen LogP contribution in [0.3, 0.4) is 0 Å². The lowest BCUT2D eigenvalue weighted by Crippen LogP contribution is -2.46. The van der Waals surface area contributed by atoms with Crippen LogP contribution in [0.4, 0.5) is 0 Å². The van der Waals surface area contributed by atoms with Gasteiger partial charge in [0.2, 0.25) is 0 Å². The maximum absolute atomic E-state index is 12.4. The molecule has 0 radical (unpaired) electrons. The number of amides is 1. The van der Waals surface area contributed by atoms with E-state index in [9.17, 15) is 4.79 Å². The molecule has 0 aromatic carbocycles. The lowest BCUT2D eigenvalue weighted by Gasteiger charge is -2.37. The zero-order valence-corrected chi connectivity index (χ0v) is 11.7. The Hall–Kier alpha value is -1.07. The van der Waals surface area contributed by atoms with Gasteiger partial charge in [0.1, 0.15) is 0 Å². The smallest absolute Gasteiger partial charge is 0.254 e. The van der Waals surface area contributed by atoms with Crippen LogP contribution >= 0.6 is 11.8 Å². The molecule has 1 aromatic rings. The summed E-state index contributed by atoms with van der Waals surface area (Å²) in [5.41, 5.74) is 6.99. The Bertz CT molecular complexity index is 448. The van der Waals surface area contributed by atoms with Crippen LogP contribution in [0.2, 0.25) is 0 Å². The van der Waals surface area contributed by atoms with E-state index in [0.29, 0.717) is 12.1 Å². The Morgan fingerprint density at radius 1 is 1.61 bits per heavy atom. The molecule has 2 N–H and O–H groups in total. The number of nitrogens with zero attached hydrogens (tertiary/aromatic N) is 2. The predicted octanol–water partition coefficient (Wildman–Crippen LogP) is 1.51. The summed E-state index contributed by atoms with van der Waals surface area (Å²) < 4.78 is 0.137. The number of nitrogens with two attached hydrogens (primary N) is 1. The van der Waals surface area contributed by atoms with Gasteiger partial charge in [-0.25, -0.2) is 0 Å². The van der Waals surface area contributed by atoms with Crippen LogP contribution in [0, 0.1) is 0 Å². The maximum Gasteiger partial charge on any atom is 0.254 e. The number of pyridine rings is 1. The summed E-state index contributed by atoms with van der Waals surface area (Å²) in [6, 6.07) is 3.55. The fourth-order valence-electron chi connectivity index (χ4n) is 2.10. The zero-order valence-electron chi connectivity index (χ0n) is 10.8. The van der Waals surface area contributed by atoms with Gasteiger partial charge in [-0.3, -0.25) is 9.78 Å². The first-order chi connectivity index (χ1) is 8.52. The Balaban J connectivity index is 2.15. The number of carbonyl (C=O) groups excluding carboxylic acids is 1. The fourth-order valence-corrected chi connectivity index (χ4v) is 3.21. The number of hydrogen-bond donors (Lipinski definition) is 1. The van der Waals surface area contributed by atoms with E-state index in [0.717, 1.165) is 24.5 Å². The van der Waals surface area contributed by atoms with Crippen molar-refractivity contribution in [3.8, 4) is 0 Å². The highest BCUT2D eigenvalue weighted by atomic mass is 32.2. The average molecular weight is 265 g/mol. The number of rotatable bonds is 2. The third-order valence-corrected chi connectivity index (χ3v) is 4.28. The van der Waals surface area contributed by atoms with Gasteiger partial charge in [-0.1, -0.05) is 0 Å². The summed E-state index contributed by atoms with van der Waals surface area (Å²) in [6.07, 6.45) is 1.65. The third-order valence-electron chi connectivity index (χ3n) is 2.99. The molecule has 98 valence electrons. The first-order valence-electron chi connectivity index (χ1n) is 6.10. The van der Waals surface area contributed by atoms with Crippen molar-refractivity contribution in [2.24, 2.45) is 5.73 Å². The number of hydrogen-bond acceptors (Lipinski definition) is 4. The van der Waals surface area contributed by atoms with Gasteiger partial charge in [0.25, 0.3) is 5.91 Å². The largest absolute Gasteiger partial charge is 0.336 e. The predicted molar refractivity (Wildman–Crippen MR) is 74.6 cm³/mol. The lowest BCUT2D eigenvalue weighted by molar-refractivity contribution is 0.0748. The summed E-state index contributed by atoms with van der Waals surface area (Å²) >= 11 is 1.92. The van der Waals surface area contributed by atoms with E-state index < -0.39 is 0 Å². The Morgan fingerprint density at radius 3 is 3.06 bits per heavy atom. The van der Waals surface area contributed by atoms with Crippen LogP contribution in [0.5, 0.6) is 0 Å². The van der Waals surface area contributed by atoms with Crippen molar-refractivity contribution in [2.75, 3.05) is 18.8 Å². The summed E-state index contributed by atoms with van der Waals surface area (Å²) in [6.45, 7) is 6.32. The molecule has 0 aliphatic carbocycles. The Kier molecular flexibility index (Phi) is 3.92. The second kappa shape index (κ2) is 5.28. The molecule has 2 rings (SSSR count). The molecule has 1 amide bonds. The minimum absolute atomic E-state index is 0.0838. The molecule has 0 saturated carbocycles.